The van der Waals surface area contributed by atoms with Crippen molar-refractivity contribution in [2.45, 2.75) is 58.0 Å². The van der Waals surface area contributed by atoms with Crippen LogP contribution in [0.5, 0.6) is 0 Å². The van der Waals surface area contributed by atoms with Crippen molar-refractivity contribution in [3.05, 3.63) is 22.4 Å². The van der Waals surface area contributed by atoms with Crippen molar-refractivity contribution in [3.8, 4) is 0 Å². The zero-order chi connectivity index (χ0) is 13.7. The van der Waals surface area contributed by atoms with E-state index in [2.05, 4.69) is 35.6 Å². The predicted octanol–water partition coefficient (Wildman–Crippen LogP) is 4.04. The van der Waals surface area contributed by atoms with Crippen molar-refractivity contribution in [1.29, 1.82) is 0 Å². The maximum Gasteiger partial charge on any atom is 0.0507 e. The highest BCUT2D eigenvalue weighted by molar-refractivity contribution is 7.07. The summed E-state index contributed by atoms with van der Waals surface area (Å²) in [5, 5.41) is 4.45. The molecule has 2 nitrogen and oxygen atoms in total. The lowest BCUT2D eigenvalue weighted by Crippen LogP contribution is -2.44. The molecule has 2 N–H and O–H groups in total. The molecule has 1 fully saturated rings. The van der Waals surface area contributed by atoms with Crippen LogP contribution in [-0.2, 0) is 0 Å². The molecule has 19 heavy (non-hydrogen) atoms. The summed E-state index contributed by atoms with van der Waals surface area (Å²) in [5.41, 5.74) is 7.82. The lowest BCUT2D eigenvalue weighted by Gasteiger charge is -2.40. The van der Waals surface area contributed by atoms with Gasteiger partial charge in [-0.25, -0.2) is 0 Å². The number of nitrogens with zero attached hydrogens (tertiary/aromatic N) is 1. The molecular formula is C16H28N2S. The molecule has 0 bridgehead atoms. The molecule has 0 spiro atoms. The Kier molecular flexibility index (Phi) is 5.86. The van der Waals surface area contributed by atoms with Gasteiger partial charge in [0.1, 0.15) is 0 Å². The fourth-order valence-electron chi connectivity index (χ4n) is 3.32. The van der Waals surface area contributed by atoms with Gasteiger partial charge in [0.2, 0.25) is 0 Å². The van der Waals surface area contributed by atoms with Gasteiger partial charge in [0.15, 0.2) is 0 Å². The van der Waals surface area contributed by atoms with E-state index in [1.54, 1.807) is 11.3 Å². The second-order valence-corrected chi connectivity index (χ2v) is 6.62. The van der Waals surface area contributed by atoms with Gasteiger partial charge in [0.25, 0.3) is 0 Å². The van der Waals surface area contributed by atoms with E-state index in [1.165, 1.54) is 44.3 Å². The topological polar surface area (TPSA) is 29.3 Å². The summed E-state index contributed by atoms with van der Waals surface area (Å²) in [6.07, 6.45) is 6.48. The first-order valence-corrected chi connectivity index (χ1v) is 8.72. The van der Waals surface area contributed by atoms with Crippen molar-refractivity contribution in [2.24, 2.45) is 11.7 Å². The third-order valence-corrected chi connectivity index (χ3v) is 5.20. The molecule has 1 aromatic rings. The molecule has 2 atom stereocenters. The minimum absolute atomic E-state index is 0.261. The molecule has 108 valence electrons. The van der Waals surface area contributed by atoms with Gasteiger partial charge in [-0.3, -0.25) is 4.90 Å². The van der Waals surface area contributed by atoms with Gasteiger partial charge in [0, 0.05) is 6.04 Å². The van der Waals surface area contributed by atoms with Crippen LogP contribution in [0.1, 0.15) is 57.6 Å². The second-order valence-electron chi connectivity index (χ2n) is 5.84. The molecule has 2 heterocycles. The van der Waals surface area contributed by atoms with Crippen LogP contribution in [-0.4, -0.2) is 24.0 Å². The molecule has 0 radical (unpaired) electrons. The fraction of sp³-hybridized carbons (Fsp3) is 0.750. The molecule has 1 aromatic heterocycles. The van der Waals surface area contributed by atoms with Crippen LogP contribution >= 0.6 is 11.3 Å². The molecule has 2 rings (SSSR count). The molecule has 2 unspecified atom stereocenters. The van der Waals surface area contributed by atoms with Gasteiger partial charge in [-0.05, 0) is 60.7 Å². The van der Waals surface area contributed by atoms with Crippen molar-refractivity contribution in [1.82, 2.24) is 4.90 Å². The van der Waals surface area contributed by atoms with E-state index in [1.807, 2.05) is 0 Å². The number of hydrogen-bond donors (Lipinski definition) is 1. The third-order valence-electron chi connectivity index (χ3n) is 4.50. The van der Waals surface area contributed by atoms with Gasteiger partial charge in [-0.2, -0.15) is 11.3 Å². The van der Waals surface area contributed by atoms with Crippen LogP contribution in [0.25, 0.3) is 0 Å². The quantitative estimate of drug-likeness (QED) is 0.852. The zero-order valence-corrected chi connectivity index (χ0v) is 13.2. The SMILES string of the molecule is CCCC1CCN(C(c2ccsc2)C(N)CC)CC1. The average molecular weight is 280 g/mol. The van der Waals surface area contributed by atoms with Crippen molar-refractivity contribution >= 4 is 11.3 Å². The summed E-state index contributed by atoms with van der Waals surface area (Å²) in [6, 6.07) is 2.94. The van der Waals surface area contributed by atoms with E-state index in [4.69, 9.17) is 5.73 Å². The number of thiophene rings is 1. The second kappa shape index (κ2) is 7.41. The smallest absolute Gasteiger partial charge is 0.0507 e. The molecule has 1 aliphatic rings. The number of piperidine rings is 1. The number of likely N-dealkylation sites (tertiary alicyclic amines) is 1. The summed E-state index contributed by atoms with van der Waals surface area (Å²) < 4.78 is 0. The highest BCUT2D eigenvalue weighted by Gasteiger charge is 2.29. The van der Waals surface area contributed by atoms with Crippen LogP contribution in [0, 0.1) is 5.92 Å². The van der Waals surface area contributed by atoms with Crippen molar-refractivity contribution < 1.29 is 0 Å². The minimum Gasteiger partial charge on any atom is -0.326 e. The van der Waals surface area contributed by atoms with Crippen LogP contribution < -0.4 is 5.73 Å². The Morgan fingerprint density at radius 1 is 1.37 bits per heavy atom. The van der Waals surface area contributed by atoms with Gasteiger partial charge < -0.3 is 5.73 Å². The first-order valence-electron chi connectivity index (χ1n) is 7.78. The van der Waals surface area contributed by atoms with E-state index in [0.29, 0.717) is 6.04 Å². The molecular weight excluding hydrogens is 252 g/mol. The number of rotatable bonds is 6. The Morgan fingerprint density at radius 2 is 2.11 bits per heavy atom. The Hall–Kier alpha value is -0.380. The monoisotopic (exact) mass is 280 g/mol. The highest BCUT2D eigenvalue weighted by Crippen LogP contribution is 2.32. The molecule has 1 aliphatic heterocycles. The van der Waals surface area contributed by atoms with E-state index < -0.39 is 0 Å². The summed E-state index contributed by atoms with van der Waals surface area (Å²) in [5.74, 6) is 0.947. The Balaban J connectivity index is 2.00. The Morgan fingerprint density at radius 3 is 2.63 bits per heavy atom. The first kappa shape index (κ1) is 15.0. The maximum atomic E-state index is 6.40. The largest absolute Gasteiger partial charge is 0.326 e. The molecule has 0 saturated carbocycles. The Labute approximate surface area is 122 Å². The molecule has 3 heteroatoms. The van der Waals surface area contributed by atoms with Crippen molar-refractivity contribution in [2.75, 3.05) is 13.1 Å². The average Bonchev–Trinajstić information content (AvgIpc) is 2.95. The van der Waals surface area contributed by atoms with Gasteiger partial charge >= 0.3 is 0 Å². The predicted molar refractivity (Wildman–Crippen MR) is 84.5 cm³/mol. The van der Waals surface area contributed by atoms with Crippen molar-refractivity contribution in [3.63, 3.8) is 0 Å². The molecule has 0 aromatic carbocycles. The highest BCUT2D eigenvalue weighted by atomic mass is 32.1. The number of hydrogen-bond acceptors (Lipinski definition) is 3. The Bertz CT molecular complexity index is 342. The van der Waals surface area contributed by atoms with Crippen LogP contribution in [0.3, 0.4) is 0 Å². The summed E-state index contributed by atoms with van der Waals surface area (Å²) in [6.45, 7) is 6.94. The lowest BCUT2D eigenvalue weighted by atomic mass is 9.89. The standard InChI is InChI=1S/C16H28N2S/c1-3-5-13-6-9-18(10-7-13)16(15(17)4-2)14-8-11-19-12-14/h8,11-13,15-16H,3-7,9-10,17H2,1-2H3. The van der Waals surface area contributed by atoms with E-state index in [-0.39, 0.29) is 6.04 Å². The molecule has 0 amide bonds. The van der Waals surface area contributed by atoms with E-state index >= 15 is 0 Å². The van der Waals surface area contributed by atoms with Gasteiger partial charge in [-0.1, -0.05) is 26.7 Å². The fourth-order valence-corrected chi connectivity index (χ4v) is 4.01. The zero-order valence-electron chi connectivity index (χ0n) is 12.3. The summed E-state index contributed by atoms with van der Waals surface area (Å²) in [4.78, 5) is 2.63. The third kappa shape index (κ3) is 3.80. The maximum absolute atomic E-state index is 6.40. The summed E-state index contributed by atoms with van der Waals surface area (Å²) in [7, 11) is 0. The summed E-state index contributed by atoms with van der Waals surface area (Å²) >= 11 is 1.79. The normalized spacial score (nSPS) is 21.4. The van der Waals surface area contributed by atoms with E-state index in [9.17, 15) is 0 Å². The van der Waals surface area contributed by atoms with Gasteiger partial charge in [0.05, 0.1) is 6.04 Å². The minimum atomic E-state index is 0.261. The van der Waals surface area contributed by atoms with Crippen LogP contribution in [0.15, 0.2) is 16.8 Å². The lowest BCUT2D eigenvalue weighted by molar-refractivity contribution is 0.111. The van der Waals surface area contributed by atoms with Crippen LogP contribution in [0.4, 0.5) is 0 Å². The van der Waals surface area contributed by atoms with E-state index in [0.717, 1.165) is 12.3 Å². The van der Waals surface area contributed by atoms with Gasteiger partial charge in [-0.15, -0.1) is 0 Å². The molecule has 0 aliphatic carbocycles. The number of nitrogens with two attached hydrogens (primary N) is 1. The van der Waals surface area contributed by atoms with Crippen LogP contribution in [0.2, 0.25) is 0 Å². The molecule has 1 saturated heterocycles. The first-order chi connectivity index (χ1) is 9.26.